The number of phenols is 1. The Morgan fingerprint density at radius 3 is 2.74 bits per heavy atom. The van der Waals surface area contributed by atoms with E-state index in [1.54, 1.807) is 37.3 Å². The Hall–Kier alpha value is -3.21. The number of hydrazone groups is 1. The largest absolute Gasteiger partial charge is 0.507 e. The maximum Gasteiger partial charge on any atom is 0.273 e. The van der Waals surface area contributed by atoms with Gasteiger partial charge in [-0.2, -0.15) is 5.10 Å². The van der Waals surface area contributed by atoms with Crippen LogP contribution in [0.5, 0.6) is 5.75 Å². The number of hydrogen-bond acceptors (Lipinski definition) is 4. The third-order valence-corrected chi connectivity index (χ3v) is 3.47. The average Bonchev–Trinajstić information content (AvgIpc) is 2.56. The van der Waals surface area contributed by atoms with Gasteiger partial charge in [-0.3, -0.25) is 9.78 Å². The Bertz CT molecular complexity index is 904. The zero-order valence-electron chi connectivity index (χ0n) is 12.5. The molecule has 0 bridgehead atoms. The maximum atomic E-state index is 12.3. The van der Waals surface area contributed by atoms with Crippen LogP contribution >= 0.6 is 0 Å². The van der Waals surface area contributed by atoms with Gasteiger partial charge in [0.05, 0.1) is 23.0 Å². The smallest absolute Gasteiger partial charge is 0.273 e. The molecule has 114 valence electrons. The number of nitrogens with zero attached hydrogens (tertiary/aromatic N) is 2. The van der Waals surface area contributed by atoms with Crippen LogP contribution in [-0.4, -0.2) is 22.2 Å². The molecule has 0 aliphatic rings. The normalized spacial score (nSPS) is 11.0. The predicted octanol–water partition coefficient (Wildman–Crippen LogP) is 3.01. The maximum absolute atomic E-state index is 12.3. The van der Waals surface area contributed by atoms with E-state index in [0.717, 1.165) is 10.9 Å². The van der Waals surface area contributed by atoms with Crippen molar-refractivity contribution in [3.05, 3.63) is 71.4 Å². The quantitative estimate of drug-likeness (QED) is 0.577. The van der Waals surface area contributed by atoms with E-state index in [4.69, 9.17) is 0 Å². The Kier molecular flexibility index (Phi) is 4.01. The van der Waals surface area contributed by atoms with E-state index in [9.17, 15) is 9.90 Å². The molecular weight excluding hydrogens is 290 g/mol. The second-order valence-corrected chi connectivity index (χ2v) is 5.07. The molecule has 0 unspecified atom stereocenters. The highest BCUT2D eigenvalue weighted by Crippen LogP contribution is 2.16. The Morgan fingerprint density at radius 2 is 1.91 bits per heavy atom. The molecule has 3 rings (SSSR count). The van der Waals surface area contributed by atoms with E-state index >= 15 is 0 Å². The number of rotatable bonds is 3. The molecule has 0 atom stereocenters. The highest BCUT2D eigenvalue weighted by molar-refractivity contribution is 5.99. The highest BCUT2D eigenvalue weighted by atomic mass is 16.3. The lowest BCUT2D eigenvalue weighted by atomic mass is 10.1. The number of carbonyl (C=O) groups excluding carboxylic acids is 1. The van der Waals surface area contributed by atoms with Gasteiger partial charge in [0.2, 0.25) is 0 Å². The van der Waals surface area contributed by atoms with Gasteiger partial charge in [0.1, 0.15) is 5.75 Å². The van der Waals surface area contributed by atoms with Crippen molar-refractivity contribution >= 4 is 23.0 Å². The number of para-hydroxylation sites is 2. The summed E-state index contributed by atoms with van der Waals surface area (Å²) in [6, 6.07) is 16.2. The highest BCUT2D eigenvalue weighted by Gasteiger charge is 2.10. The van der Waals surface area contributed by atoms with Crippen molar-refractivity contribution in [3.63, 3.8) is 0 Å². The molecule has 2 aromatic carbocycles. The van der Waals surface area contributed by atoms with Crippen LogP contribution in [0.3, 0.4) is 0 Å². The second-order valence-electron chi connectivity index (χ2n) is 5.07. The van der Waals surface area contributed by atoms with Gasteiger partial charge in [-0.15, -0.1) is 0 Å². The number of nitrogens with one attached hydrogen (secondary N) is 1. The molecule has 0 saturated carbocycles. The number of carbonyl (C=O) groups is 1. The van der Waals surface area contributed by atoms with Gasteiger partial charge in [-0.05, 0) is 31.2 Å². The molecule has 5 nitrogen and oxygen atoms in total. The molecular formula is C18H15N3O2. The first-order valence-corrected chi connectivity index (χ1v) is 7.13. The van der Waals surface area contributed by atoms with E-state index in [0.29, 0.717) is 16.8 Å². The molecule has 0 aliphatic carbocycles. The summed E-state index contributed by atoms with van der Waals surface area (Å²) in [5.74, 6) is -0.235. The topological polar surface area (TPSA) is 74.6 Å². The number of hydrogen-bond donors (Lipinski definition) is 2. The lowest BCUT2D eigenvalue weighted by Gasteiger charge is -2.06. The zero-order valence-corrected chi connectivity index (χ0v) is 12.5. The SMILES string of the molecule is Cc1nc2ccccc2cc1C(=O)NN=Cc1ccccc1O. The Labute approximate surface area is 133 Å². The summed E-state index contributed by atoms with van der Waals surface area (Å²) in [4.78, 5) is 16.7. The summed E-state index contributed by atoms with van der Waals surface area (Å²) in [5.41, 5.74) is 4.94. The number of amides is 1. The lowest BCUT2D eigenvalue weighted by molar-refractivity contribution is 0.0954. The number of fused-ring (bicyclic) bond motifs is 1. The van der Waals surface area contributed by atoms with Crippen molar-refractivity contribution in [2.24, 2.45) is 5.10 Å². The standard InChI is InChI=1S/C18H15N3O2/c1-12-15(10-13-6-2-4-8-16(13)20-12)18(23)21-19-11-14-7-3-5-9-17(14)22/h2-11,22H,1H3,(H,21,23). The number of pyridine rings is 1. The molecule has 5 heteroatoms. The molecule has 0 aliphatic heterocycles. The predicted molar refractivity (Wildman–Crippen MR) is 89.6 cm³/mol. The van der Waals surface area contributed by atoms with E-state index in [1.807, 2.05) is 24.3 Å². The molecule has 23 heavy (non-hydrogen) atoms. The van der Waals surface area contributed by atoms with Crippen LogP contribution in [0.15, 0.2) is 59.7 Å². The first-order valence-electron chi connectivity index (χ1n) is 7.13. The Balaban J connectivity index is 1.81. The molecule has 1 amide bonds. The number of benzene rings is 2. The summed E-state index contributed by atoms with van der Waals surface area (Å²) < 4.78 is 0. The number of phenolic OH excluding ortho intramolecular Hbond substituents is 1. The lowest BCUT2D eigenvalue weighted by Crippen LogP contribution is -2.19. The van der Waals surface area contributed by atoms with Crippen LogP contribution in [0, 0.1) is 6.92 Å². The fourth-order valence-electron chi connectivity index (χ4n) is 2.26. The molecule has 0 saturated heterocycles. The molecule has 2 N–H and O–H groups in total. The minimum Gasteiger partial charge on any atom is -0.507 e. The molecule has 0 radical (unpaired) electrons. The minimum absolute atomic E-state index is 0.106. The van der Waals surface area contributed by atoms with Crippen LogP contribution in [-0.2, 0) is 0 Å². The number of aryl methyl sites for hydroxylation is 1. The van der Waals surface area contributed by atoms with Gasteiger partial charge in [-0.25, -0.2) is 5.43 Å². The molecule has 0 spiro atoms. The fourth-order valence-corrected chi connectivity index (χ4v) is 2.26. The summed E-state index contributed by atoms with van der Waals surface area (Å²) in [6.07, 6.45) is 1.40. The molecule has 0 fully saturated rings. The van der Waals surface area contributed by atoms with E-state index in [2.05, 4.69) is 15.5 Å². The minimum atomic E-state index is -0.340. The number of aromatic hydroxyl groups is 1. The summed E-state index contributed by atoms with van der Waals surface area (Å²) >= 11 is 0. The summed E-state index contributed by atoms with van der Waals surface area (Å²) in [5, 5.41) is 14.4. The van der Waals surface area contributed by atoms with Gasteiger partial charge in [0, 0.05) is 10.9 Å². The van der Waals surface area contributed by atoms with E-state index < -0.39 is 0 Å². The van der Waals surface area contributed by atoms with Crippen LogP contribution in [0.4, 0.5) is 0 Å². The van der Waals surface area contributed by atoms with Crippen molar-refractivity contribution in [2.75, 3.05) is 0 Å². The van der Waals surface area contributed by atoms with Crippen molar-refractivity contribution < 1.29 is 9.90 Å². The second kappa shape index (κ2) is 6.27. The van der Waals surface area contributed by atoms with Crippen LogP contribution in [0.2, 0.25) is 0 Å². The zero-order chi connectivity index (χ0) is 16.2. The fraction of sp³-hybridized carbons (Fsp3) is 0.0556. The van der Waals surface area contributed by atoms with Crippen molar-refractivity contribution in [3.8, 4) is 5.75 Å². The monoisotopic (exact) mass is 305 g/mol. The van der Waals surface area contributed by atoms with Gasteiger partial charge in [0.25, 0.3) is 5.91 Å². The first kappa shape index (κ1) is 14.7. The third kappa shape index (κ3) is 3.18. The van der Waals surface area contributed by atoms with Gasteiger partial charge in [-0.1, -0.05) is 30.3 Å². The third-order valence-electron chi connectivity index (χ3n) is 3.47. The van der Waals surface area contributed by atoms with Crippen molar-refractivity contribution in [1.82, 2.24) is 10.4 Å². The van der Waals surface area contributed by atoms with E-state index in [1.165, 1.54) is 6.21 Å². The summed E-state index contributed by atoms with van der Waals surface area (Å²) in [6.45, 7) is 1.79. The molecule has 1 heterocycles. The van der Waals surface area contributed by atoms with Crippen LogP contribution in [0.25, 0.3) is 10.9 Å². The van der Waals surface area contributed by atoms with Gasteiger partial charge in [0.15, 0.2) is 0 Å². The first-order chi connectivity index (χ1) is 11.1. The van der Waals surface area contributed by atoms with Crippen LogP contribution in [0.1, 0.15) is 21.6 Å². The van der Waals surface area contributed by atoms with E-state index in [-0.39, 0.29) is 11.7 Å². The average molecular weight is 305 g/mol. The summed E-state index contributed by atoms with van der Waals surface area (Å²) in [7, 11) is 0. The number of aromatic nitrogens is 1. The van der Waals surface area contributed by atoms with Gasteiger partial charge >= 0.3 is 0 Å². The van der Waals surface area contributed by atoms with Crippen molar-refractivity contribution in [2.45, 2.75) is 6.92 Å². The molecule has 3 aromatic rings. The van der Waals surface area contributed by atoms with Gasteiger partial charge < -0.3 is 5.11 Å². The Morgan fingerprint density at radius 1 is 1.17 bits per heavy atom. The van der Waals surface area contributed by atoms with Crippen LogP contribution < -0.4 is 5.43 Å². The molecule has 1 aromatic heterocycles. The van der Waals surface area contributed by atoms with Crippen molar-refractivity contribution in [1.29, 1.82) is 0 Å².